The molecule has 0 aliphatic heterocycles. The van der Waals surface area contributed by atoms with Gasteiger partial charge in [-0.1, -0.05) is 33.6 Å². The van der Waals surface area contributed by atoms with Gasteiger partial charge in [-0.25, -0.2) is 0 Å². The van der Waals surface area contributed by atoms with Crippen molar-refractivity contribution in [1.82, 2.24) is 5.32 Å². The maximum absolute atomic E-state index is 12.0. The van der Waals surface area contributed by atoms with Crippen molar-refractivity contribution in [2.45, 2.75) is 58.9 Å². The number of aliphatic carboxylic acids is 1. The van der Waals surface area contributed by atoms with Gasteiger partial charge in [0.2, 0.25) is 5.91 Å². The van der Waals surface area contributed by atoms with E-state index in [0.717, 1.165) is 19.3 Å². The van der Waals surface area contributed by atoms with E-state index in [-0.39, 0.29) is 18.4 Å². The average Bonchev–Trinajstić information content (AvgIpc) is 2.15. The minimum atomic E-state index is -0.929. The van der Waals surface area contributed by atoms with Crippen LogP contribution in [0.4, 0.5) is 0 Å². The molecule has 2 atom stereocenters. The Bertz CT molecular complexity index is 299. The zero-order valence-corrected chi connectivity index (χ0v) is 11.0. The summed E-state index contributed by atoms with van der Waals surface area (Å²) in [5, 5.41) is 11.8. The highest BCUT2D eigenvalue weighted by molar-refractivity contribution is 5.86. The fraction of sp³-hybridized carbons (Fsp3) is 0.846. The molecular weight excluding hydrogens is 218 g/mol. The van der Waals surface area contributed by atoms with Crippen LogP contribution in [0.3, 0.4) is 0 Å². The molecule has 98 valence electrons. The summed E-state index contributed by atoms with van der Waals surface area (Å²) in [5.41, 5.74) is -0.827. The molecule has 2 unspecified atom stereocenters. The Morgan fingerprint density at radius 1 is 1.35 bits per heavy atom. The minimum absolute atomic E-state index is 0.124. The van der Waals surface area contributed by atoms with Crippen LogP contribution >= 0.6 is 0 Å². The molecule has 17 heavy (non-hydrogen) atoms. The Balaban J connectivity index is 2.50. The first-order chi connectivity index (χ1) is 7.81. The number of rotatable bonds is 4. The zero-order valence-electron chi connectivity index (χ0n) is 11.0. The molecule has 4 nitrogen and oxygen atoms in total. The normalized spacial score (nSPS) is 25.4. The molecule has 1 amide bonds. The van der Waals surface area contributed by atoms with Crippen molar-refractivity contribution in [3.8, 4) is 0 Å². The molecule has 4 heteroatoms. The van der Waals surface area contributed by atoms with Gasteiger partial charge < -0.3 is 10.4 Å². The lowest BCUT2D eigenvalue weighted by atomic mass is 9.84. The van der Waals surface area contributed by atoms with E-state index in [9.17, 15) is 9.59 Å². The van der Waals surface area contributed by atoms with Crippen molar-refractivity contribution in [3.05, 3.63) is 0 Å². The highest BCUT2D eigenvalue weighted by Gasteiger charge is 2.32. The van der Waals surface area contributed by atoms with Gasteiger partial charge in [-0.3, -0.25) is 9.59 Å². The van der Waals surface area contributed by atoms with Gasteiger partial charge in [-0.05, 0) is 18.8 Å². The first kappa shape index (κ1) is 14.0. The number of carbonyl (C=O) groups is 2. The molecule has 1 aliphatic carbocycles. The van der Waals surface area contributed by atoms with Crippen LogP contribution in [0, 0.1) is 11.3 Å². The third-order valence-electron chi connectivity index (χ3n) is 3.48. The Morgan fingerprint density at radius 2 is 2.00 bits per heavy atom. The van der Waals surface area contributed by atoms with E-state index in [0.29, 0.717) is 5.92 Å². The number of carboxylic acids is 1. The highest BCUT2D eigenvalue weighted by atomic mass is 16.4. The summed E-state index contributed by atoms with van der Waals surface area (Å²) in [6, 6.07) is 0.222. The predicted octanol–water partition coefficient (Wildman–Crippen LogP) is 2.18. The predicted molar refractivity (Wildman–Crippen MR) is 65.6 cm³/mol. The summed E-state index contributed by atoms with van der Waals surface area (Å²) >= 11 is 0. The molecular formula is C13H23NO3. The Labute approximate surface area is 103 Å². The Morgan fingerprint density at radius 3 is 2.53 bits per heavy atom. The molecule has 1 aliphatic rings. The Kier molecular flexibility index (Phi) is 4.54. The van der Waals surface area contributed by atoms with Gasteiger partial charge in [0, 0.05) is 6.04 Å². The number of nitrogens with one attached hydrogen (secondary N) is 1. The highest BCUT2D eigenvalue weighted by Crippen LogP contribution is 2.26. The van der Waals surface area contributed by atoms with Gasteiger partial charge in [-0.2, -0.15) is 0 Å². The molecule has 0 saturated heterocycles. The summed E-state index contributed by atoms with van der Waals surface area (Å²) in [6.45, 7) is 5.56. The van der Waals surface area contributed by atoms with Crippen LogP contribution < -0.4 is 5.32 Å². The molecule has 0 heterocycles. The van der Waals surface area contributed by atoms with E-state index >= 15 is 0 Å². The molecule has 0 spiro atoms. The lowest BCUT2D eigenvalue weighted by Gasteiger charge is -2.31. The maximum Gasteiger partial charge on any atom is 0.304 e. The van der Waals surface area contributed by atoms with Crippen molar-refractivity contribution >= 4 is 11.9 Å². The van der Waals surface area contributed by atoms with Gasteiger partial charge in [0.1, 0.15) is 0 Å². The van der Waals surface area contributed by atoms with Crippen LogP contribution in [0.15, 0.2) is 0 Å². The number of amides is 1. The lowest BCUT2D eigenvalue weighted by Crippen LogP contribution is -2.45. The second-order valence-electron chi connectivity index (χ2n) is 5.90. The first-order valence-corrected chi connectivity index (χ1v) is 6.34. The largest absolute Gasteiger partial charge is 0.481 e. The first-order valence-electron chi connectivity index (χ1n) is 6.34. The smallest absolute Gasteiger partial charge is 0.304 e. The molecule has 0 bridgehead atoms. The molecule has 1 rings (SSSR count). The monoisotopic (exact) mass is 241 g/mol. The number of hydrogen-bond donors (Lipinski definition) is 2. The van der Waals surface area contributed by atoms with Gasteiger partial charge in [-0.15, -0.1) is 0 Å². The summed E-state index contributed by atoms with van der Waals surface area (Å²) < 4.78 is 0. The number of hydrogen-bond acceptors (Lipinski definition) is 2. The zero-order chi connectivity index (χ0) is 13.1. The van der Waals surface area contributed by atoms with Crippen molar-refractivity contribution < 1.29 is 14.7 Å². The van der Waals surface area contributed by atoms with Crippen LogP contribution in [-0.4, -0.2) is 23.0 Å². The van der Waals surface area contributed by atoms with E-state index in [1.165, 1.54) is 6.42 Å². The lowest BCUT2D eigenvalue weighted by molar-refractivity contribution is -0.144. The second kappa shape index (κ2) is 5.52. The van der Waals surface area contributed by atoms with Gasteiger partial charge >= 0.3 is 5.97 Å². The fourth-order valence-corrected chi connectivity index (χ4v) is 2.40. The molecule has 0 aromatic carbocycles. The molecule has 2 N–H and O–H groups in total. The van der Waals surface area contributed by atoms with Crippen molar-refractivity contribution in [3.63, 3.8) is 0 Å². The van der Waals surface area contributed by atoms with Crippen LogP contribution in [0.5, 0.6) is 0 Å². The van der Waals surface area contributed by atoms with Crippen molar-refractivity contribution in [2.24, 2.45) is 11.3 Å². The van der Waals surface area contributed by atoms with Gasteiger partial charge in [0.25, 0.3) is 0 Å². The number of carbonyl (C=O) groups excluding carboxylic acids is 1. The molecule has 0 radical (unpaired) electrons. The fourth-order valence-electron chi connectivity index (χ4n) is 2.40. The van der Waals surface area contributed by atoms with Crippen LogP contribution in [0.1, 0.15) is 52.9 Å². The van der Waals surface area contributed by atoms with Crippen LogP contribution in [0.25, 0.3) is 0 Å². The minimum Gasteiger partial charge on any atom is -0.481 e. The maximum atomic E-state index is 12.0. The van der Waals surface area contributed by atoms with Crippen LogP contribution in [-0.2, 0) is 9.59 Å². The Hall–Kier alpha value is -1.06. The van der Waals surface area contributed by atoms with Crippen LogP contribution in [0.2, 0.25) is 0 Å². The second-order valence-corrected chi connectivity index (χ2v) is 5.90. The molecule has 0 aromatic rings. The SMILES string of the molecule is CC1CCCC(NC(=O)C(C)(C)CC(=O)O)C1. The van der Waals surface area contributed by atoms with E-state index in [1.54, 1.807) is 13.8 Å². The van der Waals surface area contributed by atoms with Crippen molar-refractivity contribution in [1.29, 1.82) is 0 Å². The summed E-state index contributed by atoms with van der Waals surface area (Å²) in [7, 11) is 0. The van der Waals surface area contributed by atoms with Gasteiger partial charge in [0.05, 0.1) is 11.8 Å². The van der Waals surface area contributed by atoms with E-state index in [2.05, 4.69) is 12.2 Å². The third kappa shape index (κ3) is 4.36. The molecule has 0 aromatic heterocycles. The molecule has 1 fully saturated rings. The molecule has 1 saturated carbocycles. The average molecular weight is 241 g/mol. The third-order valence-corrected chi connectivity index (χ3v) is 3.48. The van der Waals surface area contributed by atoms with Crippen molar-refractivity contribution in [2.75, 3.05) is 0 Å². The quantitative estimate of drug-likeness (QED) is 0.792. The van der Waals surface area contributed by atoms with E-state index in [4.69, 9.17) is 5.11 Å². The summed E-state index contributed by atoms with van der Waals surface area (Å²) in [4.78, 5) is 22.7. The van der Waals surface area contributed by atoms with Gasteiger partial charge in [0.15, 0.2) is 0 Å². The summed E-state index contributed by atoms with van der Waals surface area (Å²) in [5.74, 6) is -0.419. The van der Waals surface area contributed by atoms with E-state index < -0.39 is 11.4 Å². The topological polar surface area (TPSA) is 66.4 Å². The standard InChI is InChI=1S/C13H23NO3/c1-9-5-4-6-10(7-9)14-12(17)13(2,3)8-11(15)16/h9-10H,4-8H2,1-3H3,(H,14,17)(H,15,16). The summed E-state index contributed by atoms with van der Waals surface area (Å²) in [6.07, 6.45) is 4.27. The number of carboxylic acid groups (broad SMARTS) is 1. The van der Waals surface area contributed by atoms with E-state index in [1.807, 2.05) is 0 Å².